The van der Waals surface area contributed by atoms with E-state index in [4.69, 9.17) is 0 Å². The maximum absolute atomic E-state index is 13.1. The summed E-state index contributed by atoms with van der Waals surface area (Å²) in [4.78, 5) is 13.8. The highest BCUT2D eigenvalue weighted by Crippen LogP contribution is 2.14. The number of hydrogen-bond donors (Lipinski definition) is 0. The van der Waals surface area contributed by atoms with Crippen molar-refractivity contribution in [1.29, 1.82) is 0 Å². The Kier molecular flexibility index (Phi) is 3.77. The zero-order chi connectivity index (χ0) is 13.1. The van der Waals surface area contributed by atoms with Crippen LogP contribution in [0.3, 0.4) is 0 Å². The number of rotatable bonds is 3. The number of halogens is 1. The molecule has 0 aliphatic carbocycles. The molecule has 0 saturated heterocycles. The minimum Gasteiger partial charge on any atom is -0.337 e. The molecule has 2 nitrogen and oxygen atoms in total. The summed E-state index contributed by atoms with van der Waals surface area (Å²) in [6.07, 6.45) is 0. The van der Waals surface area contributed by atoms with Crippen LogP contribution in [0.1, 0.15) is 21.5 Å². The summed E-state index contributed by atoms with van der Waals surface area (Å²) in [5.74, 6) is -0.378. The molecule has 18 heavy (non-hydrogen) atoms. The predicted molar refractivity (Wildman–Crippen MR) is 71.3 cm³/mol. The Morgan fingerprint density at radius 2 is 2.17 bits per heavy atom. The van der Waals surface area contributed by atoms with Crippen LogP contribution in [-0.4, -0.2) is 17.9 Å². The molecule has 1 heterocycles. The lowest BCUT2D eigenvalue weighted by atomic mass is 10.1. The summed E-state index contributed by atoms with van der Waals surface area (Å²) in [6.45, 7) is 2.23. The van der Waals surface area contributed by atoms with Crippen molar-refractivity contribution in [1.82, 2.24) is 4.90 Å². The number of amides is 1. The summed E-state index contributed by atoms with van der Waals surface area (Å²) < 4.78 is 13.1. The topological polar surface area (TPSA) is 20.3 Å². The Morgan fingerprint density at radius 1 is 1.39 bits per heavy atom. The lowest BCUT2D eigenvalue weighted by molar-refractivity contribution is 0.0785. The number of hydrogen-bond acceptors (Lipinski definition) is 2. The van der Waals surface area contributed by atoms with Crippen LogP contribution in [0.4, 0.5) is 4.39 Å². The summed E-state index contributed by atoms with van der Waals surface area (Å²) >= 11 is 1.61. The normalized spacial score (nSPS) is 10.4. The van der Waals surface area contributed by atoms with Crippen molar-refractivity contribution in [3.8, 4) is 0 Å². The molecule has 0 aliphatic rings. The fourth-order valence-electron chi connectivity index (χ4n) is 1.73. The third kappa shape index (κ3) is 2.76. The number of carbonyl (C=O) groups is 1. The van der Waals surface area contributed by atoms with E-state index < -0.39 is 0 Å². The second-order valence-electron chi connectivity index (χ2n) is 4.26. The highest BCUT2D eigenvalue weighted by Gasteiger charge is 2.13. The van der Waals surface area contributed by atoms with Gasteiger partial charge in [0.1, 0.15) is 5.82 Å². The maximum atomic E-state index is 13.1. The molecule has 1 amide bonds. The fraction of sp³-hybridized carbons (Fsp3) is 0.214. The molecule has 2 aromatic rings. The monoisotopic (exact) mass is 263 g/mol. The van der Waals surface area contributed by atoms with Gasteiger partial charge in [-0.3, -0.25) is 4.79 Å². The number of aryl methyl sites for hydroxylation is 1. The van der Waals surface area contributed by atoms with Gasteiger partial charge in [0.25, 0.3) is 5.91 Å². The zero-order valence-electron chi connectivity index (χ0n) is 10.3. The average Bonchev–Trinajstić information content (AvgIpc) is 2.84. The van der Waals surface area contributed by atoms with Gasteiger partial charge in [-0.05, 0) is 53.1 Å². The molecule has 94 valence electrons. The molecule has 0 radical (unpaired) electrons. The van der Waals surface area contributed by atoms with E-state index in [0.29, 0.717) is 17.7 Å². The first-order chi connectivity index (χ1) is 8.58. The molecule has 0 fully saturated rings. The fourth-order valence-corrected chi connectivity index (χ4v) is 2.39. The largest absolute Gasteiger partial charge is 0.337 e. The van der Waals surface area contributed by atoms with Crippen molar-refractivity contribution in [2.75, 3.05) is 7.05 Å². The first-order valence-corrected chi connectivity index (χ1v) is 6.55. The van der Waals surface area contributed by atoms with E-state index >= 15 is 0 Å². The van der Waals surface area contributed by atoms with E-state index in [-0.39, 0.29) is 11.7 Å². The Morgan fingerprint density at radius 3 is 2.78 bits per heavy atom. The van der Waals surface area contributed by atoms with Crippen LogP contribution >= 0.6 is 11.3 Å². The average molecular weight is 263 g/mol. The molecule has 0 saturated carbocycles. The van der Waals surface area contributed by atoms with Crippen molar-refractivity contribution < 1.29 is 9.18 Å². The van der Waals surface area contributed by atoms with Gasteiger partial charge in [-0.2, -0.15) is 11.3 Å². The van der Waals surface area contributed by atoms with Crippen molar-refractivity contribution in [3.05, 3.63) is 57.5 Å². The van der Waals surface area contributed by atoms with Gasteiger partial charge in [-0.25, -0.2) is 4.39 Å². The van der Waals surface area contributed by atoms with Crippen molar-refractivity contribution in [2.24, 2.45) is 0 Å². The maximum Gasteiger partial charge on any atom is 0.253 e. The van der Waals surface area contributed by atoms with Crippen LogP contribution in [0.2, 0.25) is 0 Å². The van der Waals surface area contributed by atoms with E-state index in [1.54, 1.807) is 36.3 Å². The van der Waals surface area contributed by atoms with Crippen molar-refractivity contribution >= 4 is 17.2 Å². The minimum absolute atomic E-state index is 0.0932. The van der Waals surface area contributed by atoms with Crippen LogP contribution in [0, 0.1) is 12.7 Å². The van der Waals surface area contributed by atoms with Gasteiger partial charge in [0.2, 0.25) is 0 Å². The lowest BCUT2D eigenvalue weighted by Gasteiger charge is -2.16. The SMILES string of the molecule is Cc1cc(C(=O)N(C)Cc2ccsc2)ccc1F. The molecule has 0 unspecified atom stereocenters. The molecule has 0 atom stereocenters. The van der Waals surface area contributed by atoms with E-state index in [1.165, 1.54) is 12.1 Å². The van der Waals surface area contributed by atoms with Crippen LogP contribution in [-0.2, 0) is 6.54 Å². The van der Waals surface area contributed by atoms with E-state index in [9.17, 15) is 9.18 Å². The Bertz CT molecular complexity index is 551. The van der Waals surface area contributed by atoms with Crippen LogP contribution < -0.4 is 0 Å². The predicted octanol–water partition coefficient (Wildman–Crippen LogP) is 3.47. The number of thiophene rings is 1. The van der Waals surface area contributed by atoms with Gasteiger partial charge in [0.15, 0.2) is 0 Å². The first kappa shape index (κ1) is 12.8. The van der Waals surface area contributed by atoms with Crippen LogP contribution in [0.5, 0.6) is 0 Å². The number of benzene rings is 1. The van der Waals surface area contributed by atoms with Crippen molar-refractivity contribution in [2.45, 2.75) is 13.5 Å². The highest BCUT2D eigenvalue weighted by atomic mass is 32.1. The minimum atomic E-state index is -0.285. The molecule has 0 bridgehead atoms. The third-order valence-electron chi connectivity index (χ3n) is 2.75. The van der Waals surface area contributed by atoms with Crippen LogP contribution in [0.15, 0.2) is 35.0 Å². The molecule has 0 spiro atoms. The molecular weight excluding hydrogens is 249 g/mol. The molecule has 1 aromatic carbocycles. The lowest BCUT2D eigenvalue weighted by Crippen LogP contribution is -2.26. The summed E-state index contributed by atoms with van der Waals surface area (Å²) in [5.41, 5.74) is 2.12. The number of carbonyl (C=O) groups excluding carboxylic acids is 1. The van der Waals surface area contributed by atoms with Crippen LogP contribution in [0.25, 0.3) is 0 Å². The molecule has 0 N–H and O–H groups in total. The molecule has 4 heteroatoms. The molecule has 2 rings (SSSR count). The van der Waals surface area contributed by atoms with E-state index in [1.807, 2.05) is 16.8 Å². The first-order valence-electron chi connectivity index (χ1n) is 5.60. The van der Waals surface area contributed by atoms with E-state index in [2.05, 4.69) is 0 Å². The molecule has 1 aromatic heterocycles. The summed E-state index contributed by atoms with van der Waals surface area (Å²) in [6, 6.07) is 6.43. The molecule has 0 aliphatic heterocycles. The third-order valence-corrected chi connectivity index (χ3v) is 3.48. The number of nitrogens with zero attached hydrogens (tertiary/aromatic N) is 1. The second-order valence-corrected chi connectivity index (χ2v) is 5.04. The second kappa shape index (κ2) is 5.31. The quantitative estimate of drug-likeness (QED) is 0.830. The summed E-state index contributed by atoms with van der Waals surface area (Å²) in [7, 11) is 1.75. The Balaban J connectivity index is 2.12. The van der Waals surface area contributed by atoms with Gasteiger partial charge in [-0.1, -0.05) is 0 Å². The standard InChI is InChI=1S/C14H14FNOS/c1-10-7-12(3-4-13(10)15)14(17)16(2)8-11-5-6-18-9-11/h3-7,9H,8H2,1-2H3. The molecular formula is C14H14FNOS. The van der Waals surface area contributed by atoms with Gasteiger partial charge in [0.05, 0.1) is 0 Å². The van der Waals surface area contributed by atoms with Crippen molar-refractivity contribution in [3.63, 3.8) is 0 Å². The smallest absolute Gasteiger partial charge is 0.253 e. The highest BCUT2D eigenvalue weighted by molar-refractivity contribution is 7.07. The van der Waals surface area contributed by atoms with Gasteiger partial charge in [-0.15, -0.1) is 0 Å². The van der Waals surface area contributed by atoms with Gasteiger partial charge >= 0.3 is 0 Å². The Labute approximate surface area is 110 Å². The summed E-state index contributed by atoms with van der Waals surface area (Å²) in [5, 5.41) is 4.00. The van der Waals surface area contributed by atoms with Gasteiger partial charge < -0.3 is 4.90 Å². The zero-order valence-corrected chi connectivity index (χ0v) is 11.1. The Hall–Kier alpha value is -1.68. The van der Waals surface area contributed by atoms with E-state index in [0.717, 1.165) is 5.56 Å². The van der Waals surface area contributed by atoms with Gasteiger partial charge in [0, 0.05) is 19.2 Å².